The first kappa shape index (κ1) is 20.1. The number of ether oxygens (including phenoxy) is 3. The van der Waals surface area contributed by atoms with E-state index in [4.69, 9.17) is 14.2 Å². The molecule has 150 valence electrons. The molecule has 0 aliphatic carbocycles. The summed E-state index contributed by atoms with van der Waals surface area (Å²) in [4.78, 5) is 12.3. The van der Waals surface area contributed by atoms with Gasteiger partial charge in [-0.2, -0.15) is 0 Å². The van der Waals surface area contributed by atoms with Gasteiger partial charge in [-0.15, -0.1) is 0 Å². The Morgan fingerprint density at radius 2 is 2.00 bits per heavy atom. The smallest absolute Gasteiger partial charge is 0.258 e. The summed E-state index contributed by atoms with van der Waals surface area (Å²) >= 11 is 0. The summed E-state index contributed by atoms with van der Waals surface area (Å²) in [5, 5.41) is 2.92. The molecule has 2 aromatic carbocycles. The van der Waals surface area contributed by atoms with Crippen molar-refractivity contribution in [1.82, 2.24) is 5.32 Å². The summed E-state index contributed by atoms with van der Waals surface area (Å²) in [5.41, 5.74) is 3.16. The Kier molecular flexibility index (Phi) is 6.45. The number of fused-ring (bicyclic) bond motifs is 1. The molecule has 0 radical (unpaired) electrons. The summed E-state index contributed by atoms with van der Waals surface area (Å²) in [6.45, 7) is 9.14. The van der Waals surface area contributed by atoms with E-state index >= 15 is 0 Å². The Morgan fingerprint density at radius 1 is 1.21 bits per heavy atom. The second-order valence-corrected chi connectivity index (χ2v) is 7.39. The molecule has 0 spiro atoms. The van der Waals surface area contributed by atoms with Crippen LogP contribution in [0.15, 0.2) is 36.4 Å². The number of hydrogen-bond acceptors (Lipinski definition) is 4. The SMILES string of the molecule is CCOc1cc2c(cc1CNC(=O)COc1ccccc1C(C)C)O[C@H](C)C2. The number of nitrogens with one attached hydrogen (secondary N) is 1. The first-order valence-corrected chi connectivity index (χ1v) is 9.91. The molecule has 1 aliphatic heterocycles. The molecule has 2 aromatic rings. The predicted octanol–water partition coefficient (Wildman–Crippen LogP) is 4.23. The molecule has 0 saturated carbocycles. The third-order valence-corrected chi connectivity index (χ3v) is 4.75. The van der Waals surface area contributed by atoms with Crippen LogP contribution in [0.1, 0.15) is 50.3 Å². The van der Waals surface area contributed by atoms with Gasteiger partial charge in [0.2, 0.25) is 0 Å². The number of amides is 1. The number of benzene rings is 2. The van der Waals surface area contributed by atoms with Gasteiger partial charge in [0.05, 0.1) is 6.61 Å². The highest BCUT2D eigenvalue weighted by molar-refractivity contribution is 5.77. The van der Waals surface area contributed by atoms with Crippen LogP contribution in [0.5, 0.6) is 17.2 Å². The van der Waals surface area contributed by atoms with Crippen molar-refractivity contribution in [2.45, 2.75) is 52.7 Å². The van der Waals surface area contributed by atoms with E-state index in [2.05, 4.69) is 19.2 Å². The zero-order valence-electron chi connectivity index (χ0n) is 17.1. The van der Waals surface area contributed by atoms with Gasteiger partial charge in [-0.05, 0) is 43.5 Å². The molecule has 1 aliphatic rings. The van der Waals surface area contributed by atoms with Crippen molar-refractivity contribution in [2.24, 2.45) is 0 Å². The summed E-state index contributed by atoms with van der Waals surface area (Å²) in [7, 11) is 0. The Labute approximate surface area is 167 Å². The number of carbonyl (C=O) groups is 1. The van der Waals surface area contributed by atoms with Gasteiger partial charge in [0.1, 0.15) is 23.4 Å². The molecule has 5 nitrogen and oxygen atoms in total. The number of hydrogen-bond donors (Lipinski definition) is 1. The average Bonchev–Trinajstić information content (AvgIpc) is 3.03. The van der Waals surface area contributed by atoms with Crippen molar-refractivity contribution in [1.29, 1.82) is 0 Å². The van der Waals surface area contributed by atoms with Crippen LogP contribution in [0, 0.1) is 0 Å². The molecule has 0 fully saturated rings. The molecule has 1 atom stereocenters. The molecule has 0 saturated heterocycles. The minimum atomic E-state index is -0.171. The normalized spacial score (nSPS) is 15.1. The average molecular weight is 383 g/mol. The summed E-state index contributed by atoms with van der Waals surface area (Å²) in [5.74, 6) is 2.59. The molecule has 0 unspecified atom stereocenters. The Hall–Kier alpha value is -2.69. The van der Waals surface area contributed by atoms with Gasteiger partial charge >= 0.3 is 0 Å². The molecule has 1 N–H and O–H groups in total. The molecule has 1 heterocycles. The van der Waals surface area contributed by atoms with Crippen molar-refractivity contribution in [2.75, 3.05) is 13.2 Å². The van der Waals surface area contributed by atoms with Crippen LogP contribution in [0.3, 0.4) is 0 Å². The fraction of sp³-hybridized carbons (Fsp3) is 0.435. The van der Waals surface area contributed by atoms with Crippen molar-refractivity contribution >= 4 is 5.91 Å². The minimum absolute atomic E-state index is 0.0217. The maximum atomic E-state index is 12.3. The zero-order valence-corrected chi connectivity index (χ0v) is 17.1. The lowest BCUT2D eigenvalue weighted by molar-refractivity contribution is -0.123. The quantitative estimate of drug-likeness (QED) is 0.741. The van der Waals surface area contributed by atoms with E-state index in [1.807, 2.05) is 50.2 Å². The van der Waals surface area contributed by atoms with E-state index in [9.17, 15) is 4.79 Å². The van der Waals surface area contributed by atoms with E-state index < -0.39 is 0 Å². The molecular weight excluding hydrogens is 354 g/mol. The first-order valence-electron chi connectivity index (χ1n) is 9.91. The van der Waals surface area contributed by atoms with Gasteiger partial charge in [0, 0.05) is 24.1 Å². The first-order chi connectivity index (χ1) is 13.5. The Bertz CT molecular complexity index is 831. The van der Waals surface area contributed by atoms with Crippen LogP contribution in [-0.4, -0.2) is 25.2 Å². The van der Waals surface area contributed by atoms with Gasteiger partial charge in [-0.25, -0.2) is 0 Å². The van der Waals surface area contributed by atoms with Crippen LogP contribution in [-0.2, 0) is 17.8 Å². The van der Waals surface area contributed by atoms with Crippen LogP contribution in [0.25, 0.3) is 0 Å². The molecule has 0 bridgehead atoms. The molecule has 28 heavy (non-hydrogen) atoms. The fourth-order valence-electron chi connectivity index (χ4n) is 3.39. The zero-order chi connectivity index (χ0) is 20.1. The van der Waals surface area contributed by atoms with Crippen molar-refractivity contribution in [3.63, 3.8) is 0 Å². The number of carbonyl (C=O) groups excluding carboxylic acids is 1. The third-order valence-electron chi connectivity index (χ3n) is 4.75. The van der Waals surface area contributed by atoms with Crippen LogP contribution in [0.4, 0.5) is 0 Å². The van der Waals surface area contributed by atoms with Crippen LogP contribution >= 0.6 is 0 Å². The highest BCUT2D eigenvalue weighted by Crippen LogP contribution is 2.35. The highest BCUT2D eigenvalue weighted by Gasteiger charge is 2.22. The largest absolute Gasteiger partial charge is 0.494 e. The van der Waals surface area contributed by atoms with Crippen LogP contribution < -0.4 is 19.5 Å². The lowest BCUT2D eigenvalue weighted by Crippen LogP contribution is -2.28. The topological polar surface area (TPSA) is 56.8 Å². The molecule has 0 aromatic heterocycles. The monoisotopic (exact) mass is 383 g/mol. The summed E-state index contributed by atoms with van der Waals surface area (Å²) in [6, 6.07) is 11.8. The van der Waals surface area contributed by atoms with E-state index in [-0.39, 0.29) is 18.6 Å². The third kappa shape index (κ3) is 4.77. The summed E-state index contributed by atoms with van der Waals surface area (Å²) < 4.78 is 17.3. The molecule has 5 heteroatoms. The fourth-order valence-corrected chi connectivity index (χ4v) is 3.39. The standard InChI is InChI=1S/C23H29NO4/c1-5-26-21-11-17-10-16(4)28-22(17)12-18(21)13-24-23(25)14-27-20-9-7-6-8-19(20)15(2)3/h6-9,11-12,15-16H,5,10,13-14H2,1-4H3,(H,24,25)/t16-/m1/s1. The second kappa shape index (κ2) is 9.00. The molecule has 1 amide bonds. The van der Waals surface area contributed by atoms with Gasteiger partial charge in [-0.1, -0.05) is 32.0 Å². The van der Waals surface area contributed by atoms with E-state index in [1.165, 1.54) is 0 Å². The predicted molar refractivity (Wildman–Crippen MR) is 109 cm³/mol. The van der Waals surface area contributed by atoms with Crippen LogP contribution in [0.2, 0.25) is 0 Å². The van der Waals surface area contributed by atoms with Crippen molar-refractivity contribution in [3.05, 3.63) is 53.1 Å². The van der Waals surface area contributed by atoms with Crippen molar-refractivity contribution < 1.29 is 19.0 Å². The number of rotatable bonds is 8. The van der Waals surface area contributed by atoms with E-state index in [0.717, 1.165) is 40.4 Å². The van der Waals surface area contributed by atoms with E-state index in [0.29, 0.717) is 19.1 Å². The lowest BCUT2D eigenvalue weighted by atomic mass is 10.0. The minimum Gasteiger partial charge on any atom is -0.494 e. The maximum Gasteiger partial charge on any atom is 0.258 e. The van der Waals surface area contributed by atoms with Gasteiger partial charge in [-0.3, -0.25) is 4.79 Å². The summed E-state index contributed by atoms with van der Waals surface area (Å²) in [6.07, 6.45) is 1.05. The molecular formula is C23H29NO4. The highest BCUT2D eigenvalue weighted by atomic mass is 16.5. The lowest BCUT2D eigenvalue weighted by Gasteiger charge is -2.15. The Balaban J connectivity index is 1.61. The number of para-hydroxylation sites is 1. The van der Waals surface area contributed by atoms with Gasteiger partial charge < -0.3 is 19.5 Å². The molecule has 3 rings (SSSR count). The van der Waals surface area contributed by atoms with Crippen molar-refractivity contribution in [3.8, 4) is 17.2 Å². The van der Waals surface area contributed by atoms with Gasteiger partial charge in [0.15, 0.2) is 6.61 Å². The maximum absolute atomic E-state index is 12.3. The van der Waals surface area contributed by atoms with E-state index in [1.54, 1.807) is 0 Å². The Morgan fingerprint density at radius 3 is 2.75 bits per heavy atom. The second-order valence-electron chi connectivity index (χ2n) is 7.39. The van der Waals surface area contributed by atoms with Gasteiger partial charge in [0.25, 0.3) is 5.91 Å².